The molecule has 1 N–H and O–H groups in total. The fraction of sp³-hybridized carbons (Fsp3) is 0.200. The van der Waals surface area contributed by atoms with E-state index >= 15 is 0 Å². The summed E-state index contributed by atoms with van der Waals surface area (Å²) in [6.07, 6.45) is -0.00560. The van der Waals surface area contributed by atoms with Crippen LogP contribution in [0.25, 0.3) is 0 Å². The molecule has 0 bridgehead atoms. The molecule has 0 aromatic heterocycles. The summed E-state index contributed by atoms with van der Waals surface area (Å²) in [6, 6.07) is 11.3. The van der Waals surface area contributed by atoms with Crippen LogP contribution >= 0.6 is 0 Å². The molecule has 0 saturated carbocycles. The van der Waals surface area contributed by atoms with Crippen LogP contribution in [-0.4, -0.2) is 14.5 Å². The van der Waals surface area contributed by atoms with Crippen LogP contribution in [0.1, 0.15) is 13.8 Å². The highest BCUT2D eigenvalue weighted by atomic mass is 32.2. The van der Waals surface area contributed by atoms with Crippen molar-refractivity contribution < 1.29 is 17.5 Å². The quantitative estimate of drug-likeness (QED) is 0.921. The number of halogens is 1. The van der Waals surface area contributed by atoms with Gasteiger partial charge in [0.05, 0.1) is 16.7 Å². The summed E-state index contributed by atoms with van der Waals surface area (Å²) in [4.78, 5) is -0.000851. The van der Waals surface area contributed by atoms with Crippen LogP contribution in [0.4, 0.5) is 10.1 Å². The van der Waals surface area contributed by atoms with Gasteiger partial charge in [0.15, 0.2) is 0 Å². The second-order valence-corrected chi connectivity index (χ2v) is 6.44. The number of rotatable bonds is 5. The molecule has 0 atom stereocenters. The minimum Gasteiger partial charge on any atom is -0.491 e. The van der Waals surface area contributed by atoms with Gasteiger partial charge in [0, 0.05) is 6.07 Å². The summed E-state index contributed by atoms with van der Waals surface area (Å²) in [6.45, 7) is 3.77. The van der Waals surface area contributed by atoms with E-state index < -0.39 is 15.8 Å². The Bertz CT molecular complexity index is 712. The van der Waals surface area contributed by atoms with E-state index in [1.165, 1.54) is 12.1 Å². The number of anilines is 1. The Balaban J connectivity index is 2.22. The van der Waals surface area contributed by atoms with Gasteiger partial charge in [0.2, 0.25) is 0 Å². The van der Waals surface area contributed by atoms with Gasteiger partial charge >= 0.3 is 0 Å². The maximum absolute atomic E-state index is 12.8. The number of sulfonamides is 1. The molecule has 0 unspecified atom stereocenters. The largest absolute Gasteiger partial charge is 0.491 e. The van der Waals surface area contributed by atoms with Gasteiger partial charge in [0.1, 0.15) is 11.6 Å². The fourth-order valence-electron chi connectivity index (χ4n) is 1.73. The van der Waals surface area contributed by atoms with Crippen LogP contribution in [0.5, 0.6) is 5.75 Å². The lowest BCUT2D eigenvalue weighted by Gasteiger charge is -2.12. The van der Waals surface area contributed by atoms with Gasteiger partial charge < -0.3 is 4.74 Å². The molecule has 0 fully saturated rings. The minimum absolute atomic E-state index is 0.000851. The monoisotopic (exact) mass is 309 g/mol. The van der Waals surface area contributed by atoms with Gasteiger partial charge in [-0.15, -0.1) is 0 Å². The molecule has 0 amide bonds. The zero-order valence-corrected chi connectivity index (χ0v) is 12.5. The molecular weight excluding hydrogens is 293 g/mol. The summed E-state index contributed by atoms with van der Waals surface area (Å²) in [5, 5.41) is 0. The van der Waals surface area contributed by atoms with Crippen molar-refractivity contribution in [3.63, 3.8) is 0 Å². The van der Waals surface area contributed by atoms with Gasteiger partial charge in [-0.25, -0.2) is 12.8 Å². The first kappa shape index (κ1) is 15.3. The maximum Gasteiger partial charge on any atom is 0.261 e. The molecule has 2 aromatic rings. The van der Waals surface area contributed by atoms with E-state index in [0.717, 1.165) is 12.1 Å². The van der Waals surface area contributed by atoms with Crippen molar-refractivity contribution in [2.45, 2.75) is 24.8 Å². The highest BCUT2D eigenvalue weighted by Crippen LogP contribution is 2.21. The average Bonchev–Trinajstić information content (AvgIpc) is 2.38. The number of hydrogen-bond donors (Lipinski definition) is 1. The Morgan fingerprint density at radius 2 is 1.76 bits per heavy atom. The Morgan fingerprint density at radius 1 is 1.10 bits per heavy atom. The smallest absolute Gasteiger partial charge is 0.261 e. The zero-order chi connectivity index (χ0) is 15.5. The van der Waals surface area contributed by atoms with Crippen molar-refractivity contribution >= 4 is 15.7 Å². The Labute approximate surface area is 123 Å². The van der Waals surface area contributed by atoms with Crippen LogP contribution < -0.4 is 9.46 Å². The number of nitrogens with one attached hydrogen (secondary N) is 1. The molecule has 0 aliphatic rings. The first-order valence-electron chi connectivity index (χ1n) is 6.42. The van der Waals surface area contributed by atoms with Crippen LogP contribution in [0, 0.1) is 5.82 Å². The van der Waals surface area contributed by atoms with Crippen LogP contribution in [-0.2, 0) is 10.0 Å². The molecule has 0 aliphatic heterocycles. The van der Waals surface area contributed by atoms with E-state index in [2.05, 4.69) is 4.72 Å². The van der Waals surface area contributed by atoms with Gasteiger partial charge in [-0.05, 0) is 50.2 Å². The first-order chi connectivity index (χ1) is 9.87. The van der Waals surface area contributed by atoms with Crippen molar-refractivity contribution in [3.05, 3.63) is 54.3 Å². The lowest BCUT2D eigenvalue weighted by molar-refractivity contribution is 0.242. The third-order valence-electron chi connectivity index (χ3n) is 2.58. The molecule has 0 aliphatic carbocycles. The highest BCUT2D eigenvalue weighted by Gasteiger charge is 2.14. The number of ether oxygens (including phenoxy) is 1. The molecule has 2 rings (SSSR count). The molecule has 0 radical (unpaired) electrons. The summed E-state index contributed by atoms with van der Waals surface area (Å²) in [5.74, 6) is 0.0885. The molecule has 4 nitrogen and oxygen atoms in total. The van der Waals surface area contributed by atoms with Gasteiger partial charge in [-0.1, -0.05) is 6.07 Å². The van der Waals surface area contributed by atoms with Crippen molar-refractivity contribution in [2.75, 3.05) is 4.72 Å². The van der Waals surface area contributed by atoms with E-state index in [1.807, 2.05) is 13.8 Å². The molecule has 6 heteroatoms. The Kier molecular flexibility index (Phi) is 4.47. The average molecular weight is 309 g/mol. The minimum atomic E-state index is -3.75. The molecule has 2 aromatic carbocycles. The fourth-order valence-corrected chi connectivity index (χ4v) is 2.78. The predicted octanol–water partition coefficient (Wildman–Crippen LogP) is 3.41. The van der Waals surface area contributed by atoms with E-state index in [4.69, 9.17) is 4.74 Å². The second-order valence-electron chi connectivity index (χ2n) is 4.75. The predicted molar refractivity (Wildman–Crippen MR) is 79.4 cm³/mol. The molecule has 112 valence electrons. The standard InChI is InChI=1S/C15H16FNO3S/c1-11(2)20-14-5-3-4-13(10-14)17-21(18,19)15-8-6-12(16)7-9-15/h3-11,17H,1-2H3. The van der Waals surface area contributed by atoms with E-state index in [9.17, 15) is 12.8 Å². The molecular formula is C15H16FNO3S. The third-order valence-corrected chi connectivity index (χ3v) is 3.98. The van der Waals surface area contributed by atoms with Gasteiger partial charge in [-0.2, -0.15) is 0 Å². The zero-order valence-electron chi connectivity index (χ0n) is 11.7. The molecule has 0 saturated heterocycles. The van der Waals surface area contributed by atoms with Crippen LogP contribution in [0.3, 0.4) is 0 Å². The molecule has 0 heterocycles. The molecule has 21 heavy (non-hydrogen) atoms. The lowest BCUT2D eigenvalue weighted by Crippen LogP contribution is -2.13. The van der Waals surface area contributed by atoms with E-state index in [-0.39, 0.29) is 11.0 Å². The van der Waals surface area contributed by atoms with Crippen molar-refractivity contribution in [2.24, 2.45) is 0 Å². The summed E-state index contributed by atoms with van der Waals surface area (Å²) >= 11 is 0. The number of hydrogen-bond acceptors (Lipinski definition) is 3. The van der Waals surface area contributed by atoms with Gasteiger partial charge in [-0.3, -0.25) is 4.72 Å². The Hall–Kier alpha value is -2.08. The topological polar surface area (TPSA) is 55.4 Å². The van der Waals surface area contributed by atoms with Crippen molar-refractivity contribution in [1.82, 2.24) is 0 Å². The number of benzene rings is 2. The molecule has 0 spiro atoms. The van der Waals surface area contributed by atoms with E-state index in [1.54, 1.807) is 24.3 Å². The maximum atomic E-state index is 12.8. The summed E-state index contributed by atoms with van der Waals surface area (Å²) in [5.41, 5.74) is 0.387. The van der Waals surface area contributed by atoms with Crippen LogP contribution in [0.15, 0.2) is 53.4 Å². The van der Waals surface area contributed by atoms with E-state index in [0.29, 0.717) is 11.4 Å². The lowest BCUT2D eigenvalue weighted by atomic mass is 10.3. The summed E-state index contributed by atoms with van der Waals surface area (Å²) in [7, 11) is -3.75. The van der Waals surface area contributed by atoms with Crippen molar-refractivity contribution in [1.29, 1.82) is 0 Å². The van der Waals surface area contributed by atoms with Crippen molar-refractivity contribution in [3.8, 4) is 5.75 Å². The first-order valence-corrected chi connectivity index (χ1v) is 7.90. The van der Waals surface area contributed by atoms with Gasteiger partial charge in [0.25, 0.3) is 10.0 Å². The van der Waals surface area contributed by atoms with Crippen LogP contribution in [0.2, 0.25) is 0 Å². The normalized spacial score (nSPS) is 11.4. The summed E-state index contributed by atoms with van der Waals surface area (Å²) < 4.78 is 45.1. The highest BCUT2D eigenvalue weighted by molar-refractivity contribution is 7.92. The third kappa shape index (κ3) is 4.19. The Morgan fingerprint density at radius 3 is 2.38 bits per heavy atom. The second kappa shape index (κ2) is 6.13. The SMILES string of the molecule is CC(C)Oc1cccc(NS(=O)(=O)c2ccc(F)cc2)c1.